The molecule has 0 saturated heterocycles. The predicted octanol–water partition coefficient (Wildman–Crippen LogP) is 0.288. The van der Waals surface area contributed by atoms with Gasteiger partial charge in [-0.25, -0.2) is 0 Å². The Balaban J connectivity index is 1.79. The van der Waals surface area contributed by atoms with Gasteiger partial charge >= 0.3 is 0 Å². The van der Waals surface area contributed by atoms with Crippen LogP contribution >= 0.6 is 0 Å². The molecule has 0 spiro atoms. The summed E-state index contributed by atoms with van der Waals surface area (Å²) in [5.41, 5.74) is -0.145. The Labute approximate surface area is 131 Å². The Morgan fingerprint density at radius 3 is 1.73 bits per heavy atom. The number of aliphatic hydroxyl groups is 3. The molecular weight excluding hydrogens is 288 g/mol. The molecule has 0 radical (unpaired) electrons. The van der Waals surface area contributed by atoms with Crippen molar-refractivity contribution in [2.45, 2.75) is 43.5 Å². The monoisotopic (exact) mass is 316 g/mol. The molecule has 0 aromatic carbocycles. The summed E-state index contributed by atoms with van der Waals surface area (Å²) in [5.74, 6) is 0.403. The summed E-state index contributed by atoms with van der Waals surface area (Å²) in [6.07, 6.45) is 4.92. The first-order valence-electron chi connectivity index (χ1n) is 8.42. The number of ether oxygens (including phenoxy) is 3. The molecule has 4 aliphatic rings. The van der Waals surface area contributed by atoms with Crippen LogP contribution in [-0.4, -0.2) is 66.3 Å². The Morgan fingerprint density at radius 2 is 1.23 bits per heavy atom. The van der Waals surface area contributed by atoms with Crippen LogP contribution in [0.2, 0.25) is 0 Å². The molecule has 0 aromatic rings. The van der Waals surface area contributed by atoms with Crippen LogP contribution in [0.25, 0.3) is 0 Å². The third kappa shape index (κ3) is 2.81. The second-order valence-electron chi connectivity index (χ2n) is 6.96. The van der Waals surface area contributed by atoms with E-state index in [1.807, 2.05) is 0 Å². The minimum Gasteiger partial charge on any atom is -0.394 e. The van der Waals surface area contributed by atoms with Crippen LogP contribution in [-0.2, 0) is 14.2 Å². The van der Waals surface area contributed by atoms with Gasteiger partial charge in [-0.05, 0) is 38.0 Å². The van der Waals surface area contributed by atoms with Gasteiger partial charge in [0.1, 0.15) is 0 Å². The van der Waals surface area contributed by atoms with E-state index in [1.165, 1.54) is 0 Å². The molecule has 2 atom stereocenters. The van der Waals surface area contributed by atoms with Crippen molar-refractivity contribution in [2.75, 3.05) is 39.6 Å². The Hall–Kier alpha value is -0.240. The lowest BCUT2D eigenvalue weighted by Gasteiger charge is -2.63. The van der Waals surface area contributed by atoms with Crippen LogP contribution in [0, 0.1) is 17.8 Å². The summed E-state index contributed by atoms with van der Waals surface area (Å²) in [4.78, 5) is 0. The summed E-state index contributed by atoms with van der Waals surface area (Å²) in [6, 6.07) is 0. The zero-order valence-electron chi connectivity index (χ0n) is 13.1. The van der Waals surface area contributed by atoms with Gasteiger partial charge in [0.05, 0.1) is 45.2 Å². The maximum Gasteiger partial charge on any atom is 0.174 e. The zero-order valence-corrected chi connectivity index (χ0v) is 13.1. The number of hydrogen-bond donors (Lipinski definition) is 3. The molecule has 0 aromatic heterocycles. The highest BCUT2D eigenvalue weighted by Crippen LogP contribution is 2.62. The van der Waals surface area contributed by atoms with Crippen LogP contribution in [0.5, 0.6) is 0 Å². The van der Waals surface area contributed by atoms with Crippen LogP contribution in [0.1, 0.15) is 32.1 Å². The Kier molecular flexibility index (Phi) is 5.07. The van der Waals surface area contributed by atoms with E-state index in [1.54, 1.807) is 0 Å². The van der Waals surface area contributed by atoms with Crippen molar-refractivity contribution >= 4 is 0 Å². The first-order valence-corrected chi connectivity index (χ1v) is 8.42. The van der Waals surface area contributed by atoms with Crippen molar-refractivity contribution in [3.05, 3.63) is 0 Å². The van der Waals surface area contributed by atoms with E-state index in [2.05, 4.69) is 0 Å². The molecule has 4 rings (SSSR count). The number of rotatable bonds is 9. The van der Waals surface area contributed by atoms with Gasteiger partial charge in [-0.15, -0.1) is 0 Å². The zero-order chi connectivity index (χ0) is 15.6. The fourth-order valence-corrected chi connectivity index (χ4v) is 5.22. The van der Waals surface area contributed by atoms with E-state index in [0.717, 1.165) is 32.1 Å². The predicted molar refractivity (Wildman–Crippen MR) is 78.1 cm³/mol. The van der Waals surface area contributed by atoms with E-state index < -0.39 is 5.79 Å². The highest BCUT2D eigenvalue weighted by atomic mass is 16.7. The highest BCUT2D eigenvalue weighted by Gasteiger charge is 2.64. The lowest BCUT2D eigenvalue weighted by Crippen LogP contribution is -2.66. The molecule has 4 saturated carbocycles. The second kappa shape index (κ2) is 6.71. The average Bonchev–Trinajstić information content (AvgIpc) is 2.51. The fourth-order valence-electron chi connectivity index (χ4n) is 5.22. The van der Waals surface area contributed by atoms with E-state index in [-0.39, 0.29) is 50.5 Å². The third-order valence-corrected chi connectivity index (χ3v) is 5.61. The van der Waals surface area contributed by atoms with Gasteiger partial charge in [-0.2, -0.15) is 0 Å². The summed E-state index contributed by atoms with van der Waals surface area (Å²) in [6.45, 7) is 0.892. The van der Waals surface area contributed by atoms with E-state index in [9.17, 15) is 0 Å². The van der Waals surface area contributed by atoms with E-state index in [0.29, 0.717) is 12.5 Å². The molecule has 128 valence electrons. The molecule has 2 unspecified atom stereocenters. The van der Waals surface area contributed by atoms with Gasteiger partial charge in [0.15, 0.2) is 5.79 Å². The lowest BCUT2D eigenvalue weighted by molar-refractivity contribution is -0.361. The van der Waals surface area contributed by atoms with Crippen LogP contribution in [0.3, 0.4) is 0 Å². The Morgan fingerprint density at radius 1 is 0.727 bits per heavy atom. The largest absolute Gasteiger partial charge is 0.394 e. The maximum atomic E-state index is 9.15. The topological polar surface area (TPSA) is 88.4 Å². The van der Waals surface area contributed by atoms with Gasteiger partial charge in [0.25, 0.3) is 0 Å². The van der Waals surface area contributed by atoms with Gasteiger partial charge in [-0.1, -0.05) is 0 Å². The molecule has 4 bridgehead atoms. The number of aliphatic hydroxyl groups excluding tert-OH is 3. The SMILES string of the molecule is OCCOC12CC3CC(C1)C(OCCO)(OCCO)C(C3)C2. The minimum absolute atomic E-state index is 0.0285. The summed E-state index contributed by atoms with van der Waals surface area (Å²) in [7, 11) is 0. The molecule has 6 nitrogen and oxygen atoms in total. The van der Waals surface area contributed by atoms with Crippen molar-refractivity contribution < 1.29 is 29.5 Å². The van der Waals surface area contributed by atoms with Crippen molar-refractivity contribution in [2.24, 2.45) is 17.8 Å². The average molecular weight is 316 g/mol. The van der Waals surface area contributed by atoms with Crippen molar-refractivity contribution in [1.29, 1.82) is 0 Å². The summed E-state index contributed by atoms with van der Waals surface area (Å²) in [5, 5.41) is 27.4. The number of hydrogen-bond acceptors (Lipinski definition) is 6. The molecular formula is C16H28O6. The first-order chi connectivity index (χ1) is 10.7. The van der Waals surface area contributed by atoms with Gasteiger partial charge in [-0.3, -0.25) is 0 Å². The molecule has 0 amide bonds. The fraction of sp³-hybridized carbons (Fsp3) is 1.00. The summed E-state index contributed by atoms with van der Waals surface area (Å²) >= 11 is 0. The molecule has 3 N–H and O–H groups in total. The standard InChI is InChI=1S/C16H28O6/c17-1-4-20-15-9-12-7-13(10-15)16(21-5-2-18,22-6-3-19)14(8-12)11-15/h12-14,17-19H,1-11H2. The molecule has 22 heavy (non-hydrogen) atoms. The highest BCUT2D eigenvalue weighted by molar-refractivity contribution is 5.10. The van der Waals surface area contributed by atoms with E-state index >= 15 is 0 Å². The quantitative estimate of drug-likeness (QED) is 0.530. The third-order valence-electron chi connectivity index (χ3n) is 5.61. The van der Waals surface area contributed by atoms with Crippen LogP contribution < -0.4 is 0 Å². The van der Waals surface area contributed by atoms with Gasteiger partial charge in [0, 0.05) is 11.8 Å². The molecule has 0 aliphatic heterocycles. The molecule has 4 fully saturated rings. The second-order valence-corrected chi connectivity index (χ2v) is 6.96. The van der Waals surface area contributed by atoms with Gasteiger partial charge in [0.2, 0.25) is 0 Å². The van der Waals surface area contributed by atoms with Crippen LogP contribution in [0.4, 0.5) is 0 Å². The van der Waals surface area contributed by atoms with Crippen LogP contribution in [0.15, 0.2) is 0 Å². The smallest absolute Gasteiger partial charge is 0.174 e. The normalized spacial score (nSPS) is 38.6. The molecule has 6 heteroatoms. The van der Waals surface area contributed by atoms with E-state index in [4.69, 9.17) is 29.5 Å². The lowest BCUT2D eigenvalue weighted by atomic mass is 9.51. The van der Waals surface area contributed by atoms with Crippen molar-refractivity contribution in [3.8, 4) is 0 Å². The minimum atomic E-state index is -0.686. The maximum absolute atomic E-state index is 9.15. The molecule has 4 aliphatic carbocycles. The Bertz CT molecular complexity index is 348. The molecule has 0 heterocycles. The summed E-state index contributed by atoms with van der Waals surface area (Å²) < 4.78 is 18.1. The van der Waals surface area contributed by atoms with Gasteiger partial charge < -0.3 is 29.5 Å². The van der Waals surface area contributed by atoms with Crippen molar-refractivity contribution in [1.82, 2.24) is 0 Å². The first kappa shape index (κ1) is 16.6. The van der Waals surface area contributed by atoms with Crippen molar-refractivity contribution in [3.63, 3.8) is 0 Å².